The third kappa shape index (κ3) is 2.43. The molecular formula is C27H27BO3. The lowest BCUT2D eigenvalue weighted by Gasteiger charge is -2.32. The van der Waals surface area contributed by atoms with Gasteiger partial charge in [0.25, 0.3) is 0 Å². The molecule has 1 saturated heterocycles. The SMILES string of the molecule is CC1(C)c2ccccc2-c2c1ccc1c2oc2ccc(B3OC(C)(C)C(C)(C)O3)cc21. The molecule has 0 radical (unpaired) electrons. The van der Waals surface area contributed by atoms with Crippen molar-refractivity contribution in [2.75, 3.05) is 0 Å². The van der Waals surface area contributed by atoms with Gasteiger partial charge in [0.2, 0.25) is 0 Å². The Balaban J connectivity index is 1.55. The smallest absolute Gasteiger partial charge is 0.455 e. The van der Waals surface area contributed by atoms with Gasteiger partial charge in [0.15, 0.2) is 0 Å². The molecule has 0 unspecified atom stereocenters. The molecule has 3 nitrogen and oxygen atoms in total. The summed E-state index contributed by atoms with van der Waals surface area (Å²) in [6, 6.07) is 19.4. The summed E-state index contributed by atoms with van der Waals surface area (Å²) in [7, 11) is -0.381. The van der Waals surface area contributed by atoms with Crippen LogP contribution in [0, 0.1) is 0 Å². The number of fused-ring (bicyclic) bond motifs is 7. The van der Waals surface area contributed by atoms with Crippen molar-refractivity contribution in [1.29, 1.82) is 0 Å². The van der Waals surface area contributed by atoms with Gasteiger partial charge in [0.1, 0.15) is 11.2 Å². The predicted octanol–water partition coefficient (Wildman–Crippen LogP) is 6.19. The third-order valence-corrected chi connectivity index (χ3v) is 7.73. The first-order chi connectivity index (χ1) is 14.6. The van der Waals surface area contributed by atoms with Gasteiger partial charge in [-0.05, 0) is 55.9 Å². The van der Waals surface area contributed by atoms with E-state index in [9.17, 15) is 0 Å². The van der Waals surface area contributed by atoms with Gasteiger partial charge in [-0.1, -0.05) is 62.4 Å². The predicted molar refractivity (Wildman–Crippen MR) is 127 cm³/mol. The van der Waals surface area contributed by atoms with Crippen LogP contribution in [-0.4, -0.2) is 18.3 Å². The Kier molecular flexibility index (Phi) is 3.59. The molecule has 1 aromatic heterocycles. The number of furan rings is 1. The zero-order chi connectivity index (χ0) is 21.8. The zero-order valence-electron chi connectivity index (χ0n) is 19.0. The van der Waals surface area contributed by atoms with Crippen molar-refractivity contribution in [3.63, 3.8) is 0 Å². The number of hydrogen-bond donors (Lipinski definition) is 0. The summed E-state index contributed by atoms with van der Waals surface area (Å²) in [5, 5.41) is 2.24. The van der Waals surface area contributed by atoms with Crippen LogP contribution in [0.5, 0.6) is 0 Å². The Bertz CT molecular complexity index is 1360. The van der Waals surface area contributed by atoms with Crippen molar-refractivity contribution in [1.82, 2.24) is 0 Å². The van der Waals surface area contributed by atoms with E-state index in [4.69, 9.17) is 13.7 Å². The van der Waals surface area contributed by atoms with E-state index in [0.29, 0.717) is 0 Å². The molecule has 4 aromatic rings. The van der Waals surface area contributed by atoms with Crippen LogP contribution in [0.3, 0.4) is 0 Å². The largest absolute Gasteiger partial charge is 0.494 e. The van der Waals surface area contributed by atoms with Crippen molar-refractivity contribution in [3.05, 3.63) is 65.7 Å². The summed E-state index contributed by atoms with van der Waals surface area (Å²) in [6.45, 7) is 12.9. The van der Waals surface area contributed by atoms with Crippen molar-refractivity contribution >= 4 is 34.5 Å². The first-order valence-electron chi connectivity index (χ1n) is 11.1. The molecule has 0 saturated carbocycles. The molecule has 0 spiro atoms. The van der Waals surface area contributed by atoms with E-state index < -0.39 is 0 Å². The van der Waals surface area contributed by atoms with E-state index >= 15 is 0 Å². The molecule has 1 aliphatic carbocycles. The fourth-order valence-corrected chi connectivity index (χ4v) is 5.16. The van der Waals surface area contributed by atoms with E-state index in [0.717, 1.165) is 27.4 Å². The maximum absolute atomic E-state index is 6.46. The molecule has 2 heterocycles. The quantitative estimate of drug-likeness (QED) is 0.351. The minimum absolute atomic E-state index is 0.0348. The Hall–Kier alpha value is -2.56. The average molecular weight is 410 g/mol. The summed E-state index contributed by atoms with van der Waals surface area (Å²) in [4.78, 5) is 0. The highest BCUT2D eigenvalue weighted by molar-refractivity contribution is 6.62. The van der Waals surface area contributed by atoms with Crippen LogP contribution in [0.4, 0.5) is 0 Å². The second-order valence-electron chi connectivity index (χ2n) is 10.5. The van der Waals surface area contributed by atoms with E-state index in [1.165, 1.54) is 22.3 Å². The Morgan fingerprint density at radius 3 is 2.16 bits per heavy atom. The Morgan fingerprint density at radius 2 is 1.42 bits per heavy atom. The number of rotatable bonds is 1. The van der Waals surface area contributed by atoms with E-state index in [1.807, 2.05) is 6.07 Å². The van der Waals surface area contributed by atoms with Crippen LogP contribution in [0.25, 0.3) is 33.1 Å². The topological polar surface area (TPSA) is 31.6 Å². The van der Waals surface area contributed by atoms with Crippen LogP contribution in [0.2, 0.25) is 0 Å². The van der Waals surface area contributed by atoms with Gasteiger partial charge in [-0.15, -0.1) is 0 Å². The maximum atomic E-state index is 6.46. The molecule has 6 rings (SSSR count). The molecule has 0 atom stereocenters. The molecule has 1 aliphatic heterocycles. The standard InChI is InChI=1S/C27H27BO3/c1-25(2)20-10-8-7-9-18(20)23-21(25)13-12-17-19-15-16(11-14-22(19)29-24(17)23)28-30-26(3,4)27(5,6)31-28/h7-15H,1-6H3. The van der Waals surface area contributed by atoms with Gasteiger partial charge >= 0.3 is 7.12 Å². The van der Waals surface area contributed by atoms with Crippen LogP contribution < -0.4 is 5.46 Å². The summed E-state index contributed by atoms with van der Waals surface area (Å²) in [6.07, 6.45) is 0. The third-order valence-electron chi connectivity index (χ3n) is 7.73. The molecule has 0 N–H and O–H groups in total. The Morgan fingerprint density at radius 1 is 0.710 bits per heavy atom. The van der Waals surface area contributed by atoms with Gasteiger partial charge in [-0.2, -0.15) is 0 Å². The first-order valence-corrected chi connectivity index (χ1v) is 11.1. The van der Waals surface area contributed by atoms with Crippen LogP contribution in [0.1, 0.15) is 52.7 Å². The minimum atomic E-state index is -0.381. The number of hydrogen-bond acceptors (Lipinski definition) is 3. The van der Waals surface area contributed by atoms with Crippen molar-refractivity contribution in [2.24, 2.45) is 0 Å². The molecule has 0 bridgehead atoms. The highest BCUT2D eigenvalue weighted by Crippen LogP contribution is 2.52. The van der Waals surface area contributed by atoms with E-state index in [1.54, 1.807) is 0 Å². The molecule has 0 amide bonds. The first kappa shape index (κ1) is 19.2. The molecule has 4 heteroatoms. The fourth-order valence-electron chi connectivity index (χ4n) is 5.16. The molecule has 31 heavy (non-hydrogen) atoms. The maximum Gasteiger partial charge on any atom is 0.494 e. The van der Waals surface area contributed by atoms with E-state index in [-0.39, 0.29) is 23.7 Å². The Labute approximate surface area is 183 Å². The van der Waals surface area contributed by atoms with Crippen molar-refractivity contribution in [2.45, 2.75) is 58.2 Å². The van der Waals surface area contributed by atoms with Gasteiger partial charge < -0.3 is 13.7 Å². The van der Waals surface area contributed by atoms with E-state index in [2.05, 4.69) is 90.1 Å². The summed E-state index contributed by atoms with van der Waals surface area (Å²) in [5.74, 6) is 0. The van der Waals surface area contributed by atoms with Gasteiger partial charge in [0, 0.05) is 21.8 Å². The zero-order valence-corrected chi connectivity index (χ0v) is 19.0. The molecular weight excluding hydrogens is 383 g/mol. The molecule has 2 aliphatic rings. The summed E-state index contributed by atoms with van der Waals surface area (Å²) in [5.41, 5.74) is 7.32. The lowest BCUT2D eigenvalue weighted by Crippen LogP contribution is -2.41. The lowest BCUT2D eigenvalue weighted by molar-refractivity contribution is 0.00578. The molecule has 3 aromatic carbocycles. The van der Waals surface area contributed by atoms with Crippen LogP contribution in [-0.2, 0) is 14.7 Å². The fraction of sp³-hybridized carbons (Fsp3) is 0.333. The number of benzene rings is 3. The van der Waals surface area contributed by atoms with Gasteiger partial charge in [-0.25, -0.2) is 0 Å². The van der Waals surface area contributed by atoms with Crippen molar-refractivity contribution < 1.29 is 13.7 Å². The van der Waals surface area contributed by atoms with Crippen LogP contribution >= 0.6 is 0 Å². The normalized spacial score (nSPS) is 20.4. The second kappa shape index (κ2) is 5.82. The highest BCUT2D eigenvalue weighted by atomic mass is 16.7. The second-order valence-corrected chi connectivity index (χ2v) is 10.5. The lowest BCUT2D eigenvalue weighted by atomic mass is 9.78. The summed E-state index contributed by atoms with van der Waals surface area (Å²) >= 11 is 0. The monoisotopic (exact) mass is 410 g/mol. The van der Waals surface area contributed by atoms with Crippen LogP contribution in [0.15, 0.2) is 59.0 Å². The minimum Gasteiger partial charge on any atom is -0.455 e. The van der Waals surface area contributed by atoms with Crippen molar-refractivity contribution in [3.8, 4) is 11.1 Å². The highest BCUT2D eigenvalue weighted by Gasteiger charge is 2.51. The molecule has 156 valence electrons. The molecule has 1 fully saturated rings. The van der Waals surface area contributed by atoms with Gasteiger partial charge in [-0.3, -0.25) is 0 Å². The van der Waals surface area contributed by atoms with Gasteiger partial charge in [0.05, 0.1) is 11.2 Å². The average Bonchev–Trinajstić information content (AvgIpc) is 3.27. The summed E-state index contributed by atoms with van der Waals surface area (Å²) < 4.78 is 19.0.